The van der Waals surface area contributed by atoms with Crippen LogP contribution >= 0.6 is 23.2 Å². The van der Waals surface area contributed by atoms with E-state index in [0.717, 1.165) is 17.7 Å². The molecular formula is C15H10Cl2F2. The van der Waals surface area contributed by atoms with Crippen LogP contribution in [0, 0.1) is 11.6 Å². The van der Waals surface area contributed by atoms with Gasteiger partial charge in [-0.25, -0.2) is 8.78 Å². The predicted molar refractivity (Wildman–Crippen MR) is 76.4 cm³/mol. The lowest BCUT2D eigenvalue weighted by atomic mass is 10.0. The van der Waals surface area contributed by atoms with Crippen LogP contribution in [0.2, 0.25) is 5.02 Å². The zero-order chi connectivity index (χ0) is 13.8. The second kappa shape index (κ2) is 6.18. The van der Waals surface area contributed by atoms with Gasteiger partial charge < -0.3 is 0 Å². The van der Waals surface area contributed by atoms with Crippen molar-refractivity contribution in [1.82, 2.24) is 0 Å². The molecule has 0 aliphatic carbocycles. The Bertz CT molecular complexity index is 621. The normalized spacial score (nSPS) is 11.7. The lowest BCUT2D eigenvalue weighted by molar-refractivity contribution is 0.508. The minimum absolute atomic E-state index is 0.177. The molecule has 4 heteroatoms. The van der Waals surface area contributed by atoms with Gasteiger partial charge in [0.2, 0.25) is 0 Å². The summed E-state index contributed by atoms with van der Waals surface area (Å²) in [6.45, 7) is 0. The van der Waals surface area contributed by atoms with Crippen LogP contribution in [0.3, 0.4) is 0 Å². The molecule has 0 nitrogen and oxygen atoms in total. The van der Waals surface area contributed by atoms with Crippen molar-refractivity contribution in [2.45, 2.75) is 0 Å². The van der Waals surface area contributed by atoms with Crippen LogP contribution in [0.1, 0.15) is 11.1 Å². The topological polar surface area (TPSA) is 0 Å². The highest BCUT2D eigenvalue weighted by Gasteiger charge is 2.07. The highest BCUT2D eigenvalue weighted by atomic mass is 35.5. The molecule has 98 valence electrons. The maximum Gasteiger partial charge on any atom is 0.159 e. The molecular weight excluding hydrogens is 289 g/mol. The lowest BCUT2D eigenvalue weighted by Gasteiger charge is -2.06. The number of hydrogen-bond acceptors (Lipinski definition) is 0. The van der Waals surface area contributed by atoms with E-state index in [4.69, 9.17) is 23.2 Å². The molecule has 2 rings (SSSR count). The van der Waals surface area contributed by atoms with Crippen LogP contribution in [0.4, 0.5) is 8.78 Å². The van der Waals surface area contributed by atoms with Gasteiger partial charge in [0.25, 0.3) is 0 Å². The van der Waals surface area contributed by atoms with Gasteiger partial charge in [0, 0.05) is 10.9 Å². The zero-order valence-corrected chi connectivity index (χ0v) is 11.3. The summed E-state index contributed by atoms with van der Waals surface area (Å²) in [5.74, 6) is -1.60. The van der Waals surface area contributed by atoms with Crippen molar-refractivity contribution in [2.75, 3.05) is 5.88 Å². The van der Waals surface area contributed by atoms with Crippen LogP contribution < -0.4 is 0 Å². The first-order chi connectivity index (χ1) is 9.11. The fraction of sp³-hybridized carbons (Fsp3) is 0.0667. The van der Waals surface area contributed by atoms with Gasteiger partial charge >= 0.3 is 0 Å². The fourth-order valence-corrected chi connectivity index (χ4v) is 2.10. The first-order valence-electron chi connectivity index (χ1n) is 5.58. The summed E-state index contributed by atoms with van der Waals surface area (Å²) in [4.78, 5) is 0. The van der Waals surface area contributed by atoms with Crippen molar-refractivity contribution < 1.29 is 8.78 Å². The SMILES string of the molecule is Fc1ccc(C(=Cc2ccccc2Cl)CCl)cc1F. The Labute approximate surface area is 120 Å². The fourth-order valence-electron chi connectivity index (χ4n) is 1.67. The van der Waals surface area contributed by atoms with E-state index in [2.05, 4.69) is 0 Å². The second-order valence-corrected chi connectivity index (χ2v) is 4.63. The molecule has 0 fully saturated rings. The number of allylic oxidation sites excluding steroid dienone is 1. The molecule has 0 aromatic heterocycles. The van der Waals surface area contributed by atoms with E-state index in [0.29, 0.717) is 16.2 Å². The molecule has 0 radical (unpaired) electrons. The summed E-state index contributed by atoms with van der Waals surface area (Å²) in [5.41, 5.74) is 1.99. The number of halogens is 4. The van der Waals surface area contributed by atoms with Crippen LogP contribution in [0.25, 0.3) is 11.6 Å². The summed E-state index contributed by atoms with van der Waals surface area (Å²) in [7, 11) is 0. The molecule has 0 aliphatic heterocycles. The molecule has 0 saturated heterocycles. The molecule has 2 aromatic rings. The van der Waals surface area contributed by atoms with Gasteiger partial charge in [0.1, 0.15) is 0 Å². The van der Waals surface area contributed by atoms with E-state index in [9.17, 15) is 8.78 Å². The molecule has 19 heavy (non-hydrogen) atoms. The smallest absolute Gasteiger partial charge is 0.159 e. The van der Waals surface area contributed by atoms with Gasteiger partial charge in [-0.15, -0.1) is 11.6 Å². The van der Waals surface area contributed by atoms with E-state index >= 15 is 0 Å². The quantitative estimate of drug-likeness (QED) is 0.526. The van der Waals surface area contributed by atoms with Crippen molar-refractivity contribution in [3.05, 3.63) is 70.2 Å². The minimum Gasteiger partial charge on any atom is -0.204 e. The first-order valence-corrected chi connectivity index (χ1v) is 6.49. The van der Waals surface area contributed by atoms with Crippen LogP contribution in [0.15, 0.2) is 42.5 Å². The largest absolute Gasteiger partial charge is 0.204 e. The summed E-state index contributed by atoms with van der Waals surface area (Å²) >= 11 is 11.9. The number of alkyl halides is 1. The van der Waals surface area contributed by atoms with Gasteiger partial charge in [-0.2, -0.15) is 0 Å². The molecule has 2 aromatic carbocycles. The first kappa shape index (κ1) is 14.0. The average Bonchev–Trinajstić information content (AvgIpc) is 2.41. The Hall–Kier alpha value is -1.38. The maximum atomic E-state index is 13.2. The molecule has 0 aliphatic rings. The van der Waals surface area contributed by atoms with E-state index in [-0.39, 0.29) is 5.88 Å². The van der Waals surface area contributed by atoms with Crippen molar-refractivity contribution >= 4 is 34.9 Å². The highest BCUT2D eigenvalue weighted by Crippen LogP contribution is 2.25. The monoisotopic (exact) mass is 298 g/mol. The molecule has 0 heterocycles. The Balaban J connectivity index is 2.45. The Kier molecular flexibility index (Phi) is 4.56. The lowest BCUT2D eigenvalue weighted by Crippen LogP contribution is -1.91. The molecule has 0 spiro atoms. The third kappa shape index (κ3) is 3.34. The van der Waals surface area contributed by atoms with Crippen molar-refractivity contribution in [3.8, 4) is 0 Å². The Morgan fingerprint density at radius 1 is 1.05 bits per heavy atom. The van der Waals surface area contributed by atoms with Gasteiger partial charge in [0.15, 0.2) is 11.6 Å². The molecule has 0 amide bonds. The van der Waals surface area contributed by atoms with Crippen molar-refractivity contribution in [3.63, 3.8) is 0 Å². The second-order valence-electron chi connectivity index (χ2n) is 3.95. The van der Waals surface area contributed by atoms with Crippen molar-refractivity contribution in [2.24, 2.45) is 0 Å². The minimum atomic E-state index is -0.896. The number of hydrogen-bond donors (Lipinski definition) is 0. The van der Waals surface area contributed by atoms with Crippen LogP contribution in [-0.2, 0) is 0 Å². The number of benzene rings is 2. The maximum absolute atomic E-state index is 13.2. The van der Waals surface area contributed by atoms with Crippen molar-refractivity contribution in [1.29, 1.82) is 0 Å². The zero-order valence-electron chi connectivity index (χ0n) is 9.84. The predicted octanol–water partition coefficient (Wildman–Crippen LogP) is 5.40. The summed E-state index contributed by atoms with van der Waals surface area (Å²) < 4.78 is 26.1. The average molecular weight is 299 g/mol. The molecule has 0 bridgehead atoms. The van der Waals surface area contributed by atoms with Gasteiger partial charge in [-0.05, 0) is 41.0 Å². The number of rotatable bonds is 3. The molecule has 0 unspecified atom stereocenters. The Morgan fingerprint density at radius 2 is 1.79 bits per heavy atom. The van der Waals surface area contributed by atoms with Gasteiger partial charge in [-0.3, -0.25) is 0 Å². The van der Waals surface area contributed by atoms with E-state index in [1.165, 1.54) is 6.07 Å². The molecule has 0 N–H and O–H groups in total. The summed E-state index contributed by atoms with van der Waals surface area (Å²) in [6, 6.07) is 10.9. The van der Waals surface area contributed by atoms with E-state index < -0.39 is 11.6 Å². The van der Waals surface area contributed by atoms with Gasteiger partial charge in [-0.1, -0.05) is 35.9 Å². The molecule has 0 atom stereocenters. The highest BCUT2D eigenvalue weighted by molar-refractivity contribution is 6.32. The van der Waals surface area contributed by atoms with Gasteiger partial charge in [0.05, 0.1) is 0 Å². The standard InChI is InChI=1S/C15H10Cl2F2/c16-9-12(7-11-3-1-2-4-13(11)17)10-5-6-14(18)15(19)8-10/h1-8H,9H2. The van der Waals surface area contributed by atoms with E-state index in [1.54, 1.807) is 12.1 Å². The van der Waals surface area contributed by atoms with Crippen LogP contribution in [-0.4, -0.2) is 5.88 Å². The third-order valence-corrected chi connectivity index (χ3v) is 3.30. The summed E-state index contributed by atoms with van der Waals surface area (Å²) in [5, 5.41) is 0.577. The van der Waals surface area contributed by atoms with E-state index in [1.807, 2.05) is 18.2 Å². The molecule has 0 saturated carbocycles. The Morgan fingerprint density at radius 3 is 2.42 bits per heavy atom. The van der Waals surface area contributed by atoms with Crippen LogP contribution in [0.5, 0.6) is 0 Å². The third-order valence-electron chi connectivity index (χ3n) is 2.67. The summed E-state index contributed by atoms with van der Waals surface area (Å²) in [6.07, 6.45) is 1.77.